The molecule has 10 aromatic carbocycles. The maximum absolute atomic E-state index is 12.2. The molecule has 0 bridgehead atoms. The largest absolute Gasteiger partial charge is 0.508 e. The van der Waals surface area contributed by atoms with Gasteiger partial charge in [-0.05, 0) is 152 Å². The van der Waals surface area contributed by atoms with E-state index in [2.05, 4.69) is 175 Å². The van der Waals surface area contributed by atoms with Crippen molar-refractivity contribution in [1.29, 1.82) is 0 Å². The van der Waals surface area contributed by atoms with E-state index in [1.807, 2.05) is 159 Å². The fraction of sp³-hybridized carbons (Fsp3) is 0.0476. The Balaban J connectivity index is 0.737. The lowest BCUT2D eigenvalue weighted by atomic mass is 9.63. The highest BCUT2D eigenvalue weighted by Crippen LogP contribution is 2.54. The van der Waals surface area contributed by atoms with Gasteiger partial charge in [-0.15, -0.1) is 0 Å². The van der Waals surface area contributed by atoms with Crippen LogP contribution in [0.1, 0.15) is 23.0 Å². The molecule has 4 aromatic heterocycles. The number of aromatic hydroxyl groups is 2. The Morgan fingerprint density at radius 3 is 0.691 bits per heavy atom. The molecule has 0 spiro atoms. The van der Waals surface area contributed by atoms with Crippen LogP contribution >= 0.6 is 0 Å². The molecule has 452 valence electrons. The Morgan fingerprint density at radius 1 is 0.234 bits per heavy atom. The lowest BCUT2D eigenvalue weighted by Gasteiger charge is -2.47. The van der Waals surface area contributed by atoms with Crippen LogP contribution in [0.2, 0.25) is 0 Å². The van der Waals surface area contributed by atoms with Crippen LogP contribution < -0.4 is 9.80 Å². The average molecular weight is 1220 g/mol. The summed E-state index contributed by atoms with van der Waals surface area (Å²) in [6, 6.07) is 93.2. The van der Waals surface area contributed by atoms with Gasteiger partial charge in [0, 0.05) is 141 Å². The summed E-state index contributed by atoms with van der Waals surface area (Å²) in [5.74, 6) is -1.90. The zero-order valence-corrected chi connectivity index (χ0v) is 51.0. The minimum atomic E-state index is -1.15. The van der Waals surface area contributed by atoms with Gasteiger partial charge < -0.3 is 30.2 Å². The van der Waals surface area contributed by atoms with Crippen molar-refractivity contribution in [3.8, 4) is 101 Å². The molecule has 4 heterocycles. The second kappa shape index (κ2) is 25.7. The van der Waals surface area contributed by atoms with E-state index < -0.39 is 24.0 Å². The molecule has 15 rings (SSSR count). The van der Waals surface area contributed by atoms with Gasteiger partial charge in [0.05, 0.1) is 12.2 Å². The highest BCUT2D eigenvalue weighted by molar-refractivity contribution is 5.90. The maximum atomic E-state index is 12.2. The highest BCUT2D eigenvalue weighted by atomic mass is 16.3. The van der Waals surface area contributed by atoms with Crippen molar-refractivity contribution >= 4 is 34.1 Å². The van der Waals surface area contributed by atoms with Crippen LogP contribution in [0, 0.1) is 0 Å². The molecule has 1 saturated carbocycles. The third-order valence-electron chi connectivity index (χ3n) is 18.1. The monoisotopic (exact) mass is 1220 g/mol. The van der Waals surface area contributed by atoms with Gasteiger partial charge in [-0.25, -0.2) is 0 Å². The average Bonchev–Trinajstić information content (AvgIpc) is 0.756. The van der Waals surface area contributed by atoms with Crippen molar-refractivity contribution in [3.63, 3.8) is 0 Å². The van der Waals surface area contributed by atoms with E-state index in [-0.39, 0.29) is 11.5 Å². The van der Waals surface area contributed by atoms with E-state index in [1.54, 1.807) is 24.3 Å². The second-order valence-corrected chi connectivity index (χ2v) is 23.5. The van der Waals surface area contributed by atoms with Crippen molar-refractivity contribution in [1.82, 2.24) is 19.9 Å². The summed E-state index contributed by atoms with van der Waals surface area (Å²) in [6.07, 6.45) is 12.5. The Hall–Kier alpha value is -12.1. The topological polar surface area (TPSA) is 139 Å². The number of benzene rings is 10. The maximum Gasteiger partial charge on any atom is 0.121 e. The Labute approximate surface area is 545 Å². The molecule has 4 N–H and O–H groups in total. The first-order valence-corrected chi connectivity index (χ1v) is 31.3. The molecule has 94 heavy (non-hydrogen) atoms. The first kappa shape index (κ1) is 58.3. The number of aromatic nitrogens is 4. The molecule has 1 aliphatic rings. The third-order valence-corrected chi connectivity index (χ3v) is 18.1. The number of hydrogen-bond donors (Lipinski definition) is 4. The third kappa shape index (κ3) is 11.3. The molecular formula is C84H62N6O4. The van der Waals surface area contributed by atoms with Crippen LogP contribution in [-0.2, 0) is 0 Å². The van der Waals surface area contributed by atoms with E-state index in [1.165, 1.54) is 0 Å². The van der Waals surface area contributed by atoms with Gasteiger partial charge in [0.2, 0.25) is 0 Å². The summed E-state index contributed by atoms with van der Waals surface area (Å²) >= 11 is 0. The zero-order valence-electron chi connectivity index (χ0n) is 51.0. The molecule has 0 saturated heterocycles. The summed E-state index contributed by atoms with van der Waals surface area (Å²) < 4.78 is 0. The van der Waals surface area contributed by atoms with E-state index in [9.17, 15) is 20.4 Å². The molecule has 0 atom stereocenters. The van der Waals surface area contributed by atoms with Gasteiger partial charge in [-0.2, -0.15) is 0 Å². The zero-order chi connectivity index (χ0) is 63.5. The fourth-order valence-corrected chi connectivity index (χ4v) is 13.4. The van der Waals surface area contributed by atoms with Crippen molar-refractivity contribution in [2.75, 3.05) is 9.80 Å². The van der Waals surface area contributed by atoms with E-state index in [0.29, 0.717) is 22.5 Å². The molecule has 1 aliphatic carbocycles. The minimum Gasteiger partial charge on any atom is -0.508 e. The van der Waals surface area contributed by atoms with Crippen molar-refractivity contribution in [3.05, 3.63) is 340 Å². The van der Waals surface area contributed by atoms with Crippen molar-refractivity contribution < 1.29 is 20.4 Å². The molecule has 0 aliphatic heterocycles. The number of aliphatic hydroxyl groups excluding tert-OH is 2. The quantitative estimate of drug-likeness (QED) is 0.0740. The summed E-state index contributed by atoms with van der Waals surface area (Å²) in [6.45, 7) is 0. The lowest BCUT2D eigenvalue weighted by Crippen LogP contribution is -2.51. The number of phenolic OH excluding ortho intramolecular Hbond substituents is 2. The number of hydrogen-bond acceptors (Lipinski definition) is 10. The molecule has 10 nitrogen and oxygen atoms in total. The van der Waals surface area contributed by atoms with Gasteiger partial charge >= 0.3 is 0 Å². The van der Waals surface area contributed by atoms with E-state index in [4.69, 9.17) is 0 Å². The second-order valence-electron chi connectivity index (χ2n) is 23.5. The normalized spacial score (nSPS) is 15.0. The first-order chi connectivity index (χ1) is 46.3. The molecule has 14 aromatic rings. The van der Waals surface area contributed by atoms with Crippen molar-refractivity contribution in [2.24, 2.45) is 0 Å². The fourth-order valence-electron chi connectivity index (χ4n) is 13.4. The van der Waals surface area contributed by atoms with Crippen LogP contribution in [0.4, 0.5) is 34.1 Å². The SMILES string of the molecule is Oc1cc(N(c2ccc(-c3cnccc3-c3ccccc3)cc2)c2ccc(-c3cnccc3-c3ccccc3)cc2)ccc1C1C(O)C(c2ccc(N(c3ccc(-c4cnccc4-c4ccccc4)cc3)c3ccc(-c4cnccc4-c4ccccc4)cc3)cc2O)C1O. The number of aliphatic hydroxyl groups is 2. The van der Waals surface area contributed by atoms with Crippen LogP contribution in [0.25, 0.3) is 89.0 Å². The Kier molecular flexibility index (Phi) is 15.9. The lowest BCUT2D eigenvalue weighted by molar-refractivity contribution is -0.0797. The first-order valence-electron chi connectivity index (χ1n) is 31.3. The predicted molar refractivity (Wildman–Crippen MR) is 378 cm³/mol. The van der Waals surface area contributed by atoms with Gasteiger partial charge in [0.1, 0.15) is 11.5 Å². The number of pyridine rings is 4. The minimum absolute atomic E-state index is 0.0881. The highest BCUT2D eigenvalue weighted by Gasteiger charge is 2.52. The molecule has 0 unspecified atom stereocenters. The molecule has 10 heteroatoms. The van der Waals surface area contributed by atoms with Gasteiger partial charge in [0.15, 0.2) is 0 Å². The molecular weight excluding hydrogens is 1160 g/mol. The summed E-state index contributed by atoms with van der Waals surface area (Å²) in [4.78, 5) is 22.2. The predicted octanol–water partition coefficient (Wildman–Crippen LogP) is 19.6. The number of phenols is 2. The van der Waals surface area contributed by atoms with Gasteiger partial charge in [-0.3, -0.25) is 19.9 Å². The van der Waals surface area contributed by atoms with E-state index in [0.717, 1.165) is 112 Å². The summed E-state index contributed by atoms with van der Waals surface area (Å²) in [7, 11) is 0. The Bertz CT molecular complexity index is 4390. The van der Waals surface area contributed by atoms with Crippen LogP contribution in [0.3, 0.4) is 0 Å². The van der Waals surface area contributed by atoms with Gasteiger partial charge in [-0.1, -0.05) is 182 Å². The van der Waals surface area contributed by atoms with Crippen LogP contribution in [0.15, 0.2) is 329 Å². The number of anilines is 6. The van der Waals surface area contributed by atoms with Gasteiger partial charge in [0.25, 0.3) is 0 Å². The molecule has 0 radical (unpaired) electrons. The summed E-state index contributed by atoms with van der Waals surface area (Å²) in [5.41, 5.74) is 22.0. The standard InChI is InChI=1S/C84H62N6O4/c91-79-49-67(89(63-29-21-59(22-30-63)75-51-85-45-41-69(75)55-13-5-1-6-14-55)64-31-23-60(24-32-64)76-52-86-46-42-70(76)56-15-7-2-8-16-56)37-39-73(79)81-83(93)82(84(81)94)74-40-38-68(50-80(74)92)90(65-33-25-61(26-34-65)77-53-87-47-43-71(77)57-17-9-3-10-18-57)66-35-27-62(28-36-66)78-54-88-48-44-72(78)58-19-11-4-12-20-58/h1-54,81-84,91-94H. The number of rotatable bonds is 16. The smallest absolute Gasteiger partial charge is 0.121 e. The molecule has 1 fully saturated rings. The number of nitrogens with zero attached hydrogens (tertiary/aromatic N) is 6. The van der Waals surface area contributed by atoms with Crippen molar-refractivity contribution in [2.45, 2.75) is 24.0 Å². The molecule has 0 amide bonds. The Morgan fingerprint density at radius 2 is 0.457 bits per heavy atom. The van der Waals surface area contributed by atoms with Crippen LogP contribution in [0.5, 0.6) is 11.5 Å². The van der Waals surface area contributed by atoms with Crippen LogP contribution in [-0.4, -0.2) is 52.6 Å². The summed E-state index contributed by atoms with van der Waals surface area (Å²) in [5, 5.41) is 48.7. The van der Waals surface area contributed by atoms with E-state index >= 15 is 0 Å².